The molecule has 0 unspecified atom stereocenters. The second-order valence-corrected chi connectivity index (χ2v) is 47.4. The average molecular weight is 1710 g/mol. The van der Waals surface area contributed by atoms with Gasteiger partial charge in [-0.1, -0.05) is 257 Å². The number of hydrogen-bond donors (Lipinski definition) is 1. The lowest BCUT2D eigenvalue weighted by atomic mass is 9.29. The number of anilines is 5. The highest BCUT2D eigenvalue weighted by Crippen LogP contribution is 2.52. The van der Waals surface area contributed by atoms with Crippen LogP contribution in [0.5, 0.6) is 46.0 Å². The van der Waals surface area contributed by atoms with Crippen molar-refractivity contribution < 1.29 is 18.9 Å². The van der Waals surface area contributed by atoms with Crippen LogP contribution in [-0.2, 0) is 43.3 Å². The maximum absolute atomic E-state index is 8.11. The second-order valence-electron chi connectivity index (χ2n) is 47.4. The Morgan fingerprint density at radius 3 is 0.885 bits per heavy atom. The molecule has 6 aliphatic heterocycles. The molecule has 0 spiro atoms. The van der Waals surface area contributed by atoms with Crippen LogP contribution in [0.3, 0.4) is 0 Å². The molecule has 0 fully saturated rings. The van der Waals surface area contributed by atoms with Crippen LogP contribution in [0.1, 0.15) is 227 Å². The summed E-state index contributed by atoms with van der Waals surface area (Å²) in [6.45, 7) is 61.6. The summed E-state index contributed by atoms with van der Waals surface area (Å²) in [6.07, 6.45) is 0. The van der Waals surface area contributed by atoms with Crippen LogP contribution in [0.15, 0.2) is 218 Å². The molecule has 3 aromatic heterocycles. The molecule has 0 radical (unpaired) electrons. The van der Waals surface area contributed by atoms with E-state index in [-0.39, 0.29) is 63.5 Å². The molecule has 652 valence electrons. The van der Waals surface area contributed by atoms with Crippen LogP contribution in [0, 0.1) is 20.8 Å². The predicted molar refractivity (Wildman–Crippen MR) is 558 cm³/mol. The minimum atomic E-state index is -0.389. The first-order valence-electron chi connectivity index (χ1n) is 47.5. The number of ether oxygens (including phenoxy) is 4. The van der Waals surface area contributed by atoms with E-state index in [9.17, 15) is 0 Å². The summed E-state index contributed by atoms with van der Waals surface area (Å²) >= 11 is 0. The van der Waals surface area contributed by atoms with Gasteiger partial charge in [0.2, 0.25) is 0 Å². The molecule has 0 saturated heterocycles. The van der Waals surface area contributed by atoms with Gasteiger partial charge in [0.15, 0.2) is 0 Å². The zero-order valence-electron chi connectivity index (χ0n) is 81.4. The highest BCUT2D eigenvalue weighted by molar-refractivity contribution is 7.03. The summed E-state index contributed by atoms with van der Waals surface area (Å²) in [4.78, 5) is 2.63. The lowest BCUT2D eigenvalue weighted by Gasteiger charge is -2.43. The van der Waals surface area contributed by atoms with Crippen molar-refractivity contribution in [3.8, 4) is 63.1 Å². The topological polar surface area (TPSA) is 67.0 Å². The van der Waals surface area contributed by atoms with Gasteiger partial charge in [-0.05, 0) is 267 Å². The number of hydrogen-bond acceptors (Lipinski definition) is 6. The molecule has 0 atom stereocenters. The third-order valence-corrected chi connectivity index (χ3v) is 29.9. The standard InChI is InChI=1S/C119H118B3N5O4/c1-64-44-65(2)111(66(3)45-64)127-98-62-90-84(120-86-52-73(118(22,23)24)34-42-100(86)128-104-56-75(54-91(123-90)108(104)120)124-92-36-28-67(112(4,5)6)46-78(92)79-47-68(113(7,8)9)29-37-93(79)124)60-85(98)121-88-61-89-103(63-102(88)130-105-57-76(55-99(127)109(105)121)125-94-38-30-69(114(10,11)12)48-80(94)81-49-70(115(13,14)15)31-39-95(81)125)131-107-59-77(58-106-110(107)122(89)87-53-74(119(25,26)27)35-43-101(87)129-106)126-96-40-32-71(116(16,17)18)50-82(96)83-51-72(117(19,20)21)33-41-97(83)126/h28-63,123H,1-27H3. The van der Waals surface area contributed by atoms with E-state index in [0.29, 0.717) is 0 Å². The van der Waals surface area contributed by atoms with E-state index in [1.165, 1.54) is 104 Å². The van der Waals surface area contributed by atoms with Gasteiger partial charge in [0.05, 0.1) is 55.8 Å². The van der Waals surface area contributed by atoms with Crippen LogP contribution in [0.2, 0.25) is 0 Å². The third kappa shape index (κ3) is 12.7. The van der Waals surface area contributed by atoms with Crippen molar-refractivity contribution in [2.24, 2.45) is 0 Å². The number of aromatic nitrogens is 3. The van der Waals surface area contributed by atoms with Gasteiger partial charge in [-0.25, -0.2) is 0 Å². The molecule has 14 aromatic carbocycles. The van der Waals surface area contributed by atoms with E-state index in [4.69, 9.17) is 18.9 Å². The molecule has 12 heteroatoms. The van der Waals surface area contributed by atoms with Gasteiger partial charge in [-0.2, -0.15) is 0 Å². The summed E-state index contributed by atoms with van der Waals surface area (Å²) in [5.74, 6) is 6.35. The molecule has 0 aliphatic carbocycles. The van der Waals surface area contributed by atoms with Gasteiger partial charge in [0.1, 0.15) is 46.0 Å². The smallest absolute Gasteiger partial charge is 0.260 e. The van der Waals surface area contributed by atoms with Gasteiger partial charge in [-0.15, -0.1) is 0 Å². The molecular weight excluding hydrogens is 1600 g/mol. The average Bonchev–Trinajstić information content (AvgIpc) is 1.17. The summed E-state index contributed by atoms with van der Waals surface area (Å²) in [5.41, 5.74) is 38.1. The van der Waals surface area contributed by atoms with Crippen molar-refractivity contribution >= 4 is 163 Å². The zero-order valence-corrected chi connectivity index (χ0v) is 81.4. The molecule has 131 heavy (non-hydrogen) atoms. The summed E-state index contributed by atoms with van der Waals surface area (Å²) in [6, 6.07) is 85.6. The van der Waals surface area contributed by atoms with Crippen LogP contribution in [0.4, 0.5) is 28.4 Å². The third-order valence-electron chi connectivity index (χ3n) is 29.9. The van der Waals surface area contributed by atoms with Crippen molar-refractivity contribution in [3.05, 3.63) is 280 Å². The minimum Gasteiger partial charge on any atom is -0.458 e. The Labute approximate surface area is 773 Å². The lowest BCUT2D eigenvalue weighted by Crippen LogP contribution is -2.64. The fraction of sp³-hybridized carbons (Fsp3) is 0.294. The van der Waals surface area contributed by atoms with E-state index < -0.39 is 0 Å². The predicted octanol–water partition coefficient (Wildman–Crippen LogP) is 26.1. The highest BCUT2D eigenvalue weighted by atomic mass is 16.5. The van der Waals surface area contributed by atoms with Crippen LogP contribution < -0.4 is 78.3 Å². The Balaban J connectivity index is 0.798. The summed E-state index contributed by atoms with van der Waals surface area (Å²) < 4.78 is 38.5. The molecule has 23 rings (SSSR count). The Bertz CT molecular complexity index is 7730. The molecule has 9 heterocycles. The van der Waals surface area contributed by atoms with E-state index in [0.717, 1.165) is 163 Å². The van der Waals surface area contributed by atoms with Gasteiger partial charge < -0.3 is 42.9 Å². The SMILES string of the molecule is Cc1cc(C)c(N2c3cc4c(cc3B3c5cc6c(cc5Oc5cc(-n7c8ccc(C(C)(C)C)cc8c8cc(C(C)(C)C)ccc87)cc2c53)Oc2cc(-n3c5ccc(C(C)(C)C)cc5c5cc(C(C)(C)C)ccc53)cc3c2B6c2cc(C(C)(C)C)ccc2O3)B2c3cc(C(C)(C)C)ccc3Oc3cc(-n5c6ccc(C(C)(C)C)cc6c6cc(C(C)(C)C)ccc65)cc(c32)N4)c(C)c1. The molecule has 6 aliphatic rings. The Hall–Kier alpha value is -12.5. The van der Waals surface area contributed by atoms with Crippen molar-refractivity contribution in [2.45, 2.75) is 230 Å². The molecule has 17 aromatic rings. The fourth-order valence-corrected chi connectivity index (χ4v) is 22.6. The first-order valence-corrected chi connectivity index (χ1v) is 47.5. The molecule has 0 bridgehead atoms. The summed E-state index contributed by atoms with van der Waals surface area (Å²) in [5, 5.41) is 11.7. The van der Waals surface area contributed by atoms with Crippen molar-refractivity contribution in [3.63, 3.8) is 0 Å². The van der Waals surface area contributed by atoms with Gasteiger partial charge >= 0.3 is 0 Å². The van der Waals surface area contributed by atoms with Crippen molar-refractivity contribution in [1.82, 2.24) is 13.7 Å². The Morgan fingerprint density at radius 1 is 0.229 bits per heavy atom. The lowest BCUT2D eigenvalue weighted by molar-refractivity contribution is 0.455. The molecule has 1 N–H and O–H groups in total. The van der Waals surface area contributed by atoms with Gasteiger partial charge in [-0.3, -0.25) is 0 Å². The van der Waals surface area contributed by atoms with E-state index >= 15 is 0 Å². The molecule has 9 nitrogen and oxygen atoms in total. The van der Waals surface area contributed by atoms with Gasteiger partial charge in [0.25, 0.3) is 20.1 Å². The number of benzene rings is 14. The number of nitrogens with one attached hydrogen (secondary N) is 1. The van der Waals surface area contributed by atoms with Crippen molar-refractivity contribution in [1.29, 1.82) is 0 Å². The van der Waals surface area contributed by atoms with Crippen LogP contribution in [0.25, 0.3) is 82.5 Å². The monoisotopic (exact) mass is 1710 g/mol. The second kappa shape index (κ2) is 27.3. The zero-order chi connectivity index (χ0) is 91.7. The molecule has 0 saturated carbocycles. The first-order chi connectivity index (χ1) is 61.7. The quantitative estimate of drug-likeness (QED) is 0.177. The maximum Gasteiger partial charge on any atom is 0.260 e. The van der Waals surface area contributed by atoms with E-state index in [2.05, 4.69) is 429 Å². The molecule has 0 amide bonds. The molecular formula is C119H118B3N5O4. The van der Waals surface area contributed by atoms with Crippen LogP contribution in [-0.4, -0.2) is 33.8 Å². The van der Waals surface area contributed by atoms with Gasteiger partial charge in [0, 0.05) is 90.9 Å². The first kappa shape index (κ1) is 82.9. The number of rotatable bonds is 4. The number of nitrogens with zero attached hydrogens (tertiary/aromatic N) is 4. The van der Waals surface area contributed by atoms with E-state index in [1.54, 1.807) is 0 Å². The summed E-state index contributed by atoms with van der Waals surface area (Å²) in [7, 11) is 0. The largest absolute Gasteiger partial charge is 0.458 e. The Morgan fingerprint density at radius 2 is 0.519 bits per heavy atom. The van der Waals surface area contributed by atoms with E-state index in [1.807, 2.05) is 0 Å². The number of fused-ring (bicyclic) bond motifs is 21. The van der Waals surface area contributed by atoms with Crippen molar-refractivity contribution in [2.75, 3.05) is 10.2 Å². The highest BCUT2D eigenvalue weighted by Gasteiger charge is 2.50. The normalized spacial score (nSPS) is 14.5. The maximum atomic E-state index is 8.11. The fourth-order valence-electron chi connectivity index (χ4n) is 22.6. The van der Waals surface area contributed by atoms with Crippen LogP contribution >= 0.6 is 0 Å². The Kier molecular flexibility index (Phi) is 17.3. The number of aryl methyl sites for hydroxylation is 3. The minimum absolute atomic E-state index is 0.0639.